The van der Waals surface area contributed by atoms with Crippen molar-refractivity contribution in [3.8, 4) is 0 Å². The molecule has 0 spiro atoms. The zero-order chi connectivity index (χ0) is 8.97. The van der Waals surface area contributed by atoms with Crippen LogP contribution in [0.25, 0.3) is 0 Å². The van der Waals surface area contributed by atoms with Crippen LogP contribution < -0.4 is 0 Å². The van der Waals surface area contributed by atoms with Crippen molar-refractivity contribution in [2.45, 2.75) is 37.4 Å². The minimum absolute atomic E-state index is 0.136. The highest BCUT2D eigenvalue weighted by Crippen LogP contribution is 2.37. The topological polar surface area (TPSA) is 20.2 Å². The highest BCUT2D eigenvalue weighted by atomic mass is 32.2. The lowest BCUT2D eigenvalue weighted by molar-refractivity contribution is 0.167. The van der Waals surface area contributed by atoms with Crippen LogP contribution in [0.5, 0.6) is 0 Å². The third-order valence-corrected chi connectivity index (χ3v) is 5.48. The van der Waals surface area contributed by atoms with Crippen molar-refractivity contribution >= 4 is 23.5 Å². The Labute approximate surface area is 83.7 Å². The molecule has 0 aromatic heterocycles. The molecule has 0 radical (unpaired) electrons. The predicted octanol–water partition coefficient (Wildman–Crippen LogP) is 2.59. The van der Waals surface area contributed by atoms with E-state index in [0.29, 0.717) is 5.92 Å². The van der Waals surface area contributed by atoms with Crippen LogP contribution in [0.15, 0.2) is 0 Å². The van der Waals surface area contributed by atoms with Gasteiger partial charge < -0.3 is 5.11 Å². The van der Waals surface area contributed by atoms with Gasteiger partial charge in [-0.2, -0.15) is 0 Å². The number of aliphatic hydroxyl groups excluding tert-OH is 1. The summed E-state index contributed by atoms with van der Waals surface area (Å²) in [7, 11) is 0. The lowest BCUT2D eigenvalue weighted by atomic mass is 10.1. The normalized spacial score (nSPS) is 25.2. The Hall–Kier alpha value is 0.660. The van der Waals surface area contributed by atoms with E-state index in [2.05, 4.69) is 30.4 Å². The van der Waals surface area contributed by atoms with Crippen LogP contribution in [-0.4, -0.2) is 27.3 Å². The van der Waals surface area contributed by atoms with Crippen molar-refractivity contribution in [2.75, 3.05) is 11.5 Å². The van der Waals surface area contributed by atoms with E-state index in [9.17, 15) is 5.11 Å². The zero-order valence-electron chi connectivity index (χ0n) is 7.82. The molecule has 1 aliphatic rings. The second-order valence-electron chi connectivity index (χ2n) is 3.53. The molecule has 0 saturated carbocycles. The molecule has 1 fully saturated rings. The number of hydrogen-bond acceptors (Lipinski definition) is 3. The molecule has 1 heterocycles. The van der Waals surface area contributed by atoms with E-state index < -0.39 is 0 Å². The number of rotatable bonds is 3. The Bertz CT molecular complexity index is 122. The van der Waals surface area contributed by atoms with Crippen LogP contribution in [0.4, 0.5) is 0 Å². The maximum absolute atomic E-state index is 9.23. The smallest absolute Gasteiger partial charge is 0.0528 e. The maximum Gasteiger partial charge on any atom is 0.0528 e. The molecule has 0 aliphatic carbocycles. The van der Waals surface area contributed by atoms with Gasteiger partial charge in [-0.25, -0.2) is 0 Å². The van der Waals surface area contributed by atoms with Crippen LogP contribution >= 0.6 is 23.5 Å². The summed E-state index contributed by atoms with van der Waals surface area (Å²) in [5.74, 6) is 3.27. The highest BCUT2D eigenvalue weighted by Gasteiger charge is 2.21. The molecule has 0 unspecified atom stereocenters. The van der Waals surface area contributed by atoms with Crippen LogP contribution in [-0.2, 0) is 0 Å². The van der Waals surface area contributed by atoms with Crippen LogP contribution in [0, 0.1) is 5.92 Å². The monoisotopic (exact) mass is 206 g/mol. The fourth-order valence-corrected chi connectivity index (χ4v) is 4.59. The Morgan fingerprint density at radius 2 is 1.92 bits per heavy atom. The third kappa shape index (κ3) is 3.58. The largest absolute Gasteiger partial charge is 0.393 e. The van der Waals surface area contributed by atoms with E-state index in [0.717, 1.165) is 11.0 Å². The minimum atomic E-state index is -0.136. The molecule has 1 aliphatic heterocycles. The minimum Gasteiger partial charge on any atom is -0.393 e. The highest BCUT2D eigenvalue weighted by molar-refractivity contribution is 8.17. The summed E-state index contributed by atoms with van der Waals surface area (Å²) in [6.45, 7) is 4.14. The van der Waals surface area contributed by atoms with Gasteiger partial charge in [0, 0.05) is 0 Å². The summed E-state index contributed by atoms with van der Waals surface area (Å²) in [6, 6.07) is 0. The van der Waals surface area contributed by atoms with E-state index in [1.165, 1.54) is 17.9 Å². The van der Waals surface area contributed by atoms with Crippen molar-refractivity contribution in [1.82, 2.24) is 0 Å². The summed E-state index contributed by atoms with van der Waals surface area (Å²) in [5, 5.41) is 9.23. The van der Waals surface area contributed by atoms with Gasteiger partial charge in [-0.05, 0) is 37.2 Å². The molecule has 1 nitrogen and oxygen atoms in total. The molecule has 72 valence electrons. The first-order chi connectivity index (χ1) is 5.70. The molecule has 0 aromatic carbocycles. The van der Waals surface area contributed by atoms with Crippen molar-refractivity contribution in [3.05, 3.63) is 0 Å². The summed E-state index contributed by atoms with van der Waals surface area (Å²) in [6.07, 6.45) is 2.17. The molecular weight excluding hydrogens is 188 g/mol. The van der Waals surface area contributed by atoms with Gasteiger partial charge in [-0.1, -0.05) is 6.92 Å². The first-order valence-corrected chi connectivity index (χ1v) is 6.71. The Kier molecular flexibility index (Phi) is 4.84. The van der Waals surface area contributed by atoms with E-state index in [4.69, 9.17) is 0 Å². The van der Waals surface area contributed by atoms with Crippen LogP contribution in [0.1, 0.15) is 26.7 Å². The molecule has 1 saturated heterocycles. The van der Waals surface area contributed by atoms with Crippen molar-refractivity contribution in [3.63, 3.8) is 0 Å². The summed E-state index contributed by atoms with van der Waals surface area (Å²) < 4.78 is 0.730. The number of aliphatic hydroxyl groups is 1. The number of thioether (sulfide) groups is 2. The Morgan fingerprint density at radius 1 is 1.33 bits per heavy atom. The summed E-state index contributed by atoms with van der Waals surface area (Å²) in [4.78, 5) is 0. The predicted molar refractivity (Wildman–Crippen MR) is 58.8 cm³/mol. The molecule has 2 atom stereocenters. The van der Waals surface area contributed by atoms with E-state index in [-0.39, 0.29) is 6.10 Å². The first-order valence-electron chi connectivity index (χ1n) is 4.61. The van der Waals surface area contributed by atoms with Crippen LogP contribution in [0.2, 0.25) is 0 Å². The van der Waals surface area contributed by atoms with Crippen molar-refractivity contribution < 1.29 is 5.11 Å². The molecule has 0 amide bonds. The molecule has 1 N–H and O–H groups in total. The third-order valence-electron chi connectivity index (χ3n) is 2.03. The maximum atomic E-state index is 9.23. The molecule has 3 heteroatoms. The summed E-state index contributed by atoms with van der Waals surface area (Å²) >= 11 is 4.13. The SMILES string of the molecule is C[C@H](O)C[C@@H](C)C1SCCCS1. The van der Waals surface area contributed by atoms with Gasteiger partial charge in [-0.3, -0.25) is 0 Å². The Balaban J connectivity index is 2.24. The molecule has 0 bridgehead atoms. The van der Waals surface area contributed by atoms with Crippen LogP contribution in [0.3, 0.4) is 0 Å². The quantitative estimate of drug-likeness (QED) is 0.766. The Morgan fingerprint density at radius 3 is 2.42 bits per heavy atom. The van der Waals surface area contributed by atoms with Gasteiger partial charge in [0.25, 0.3) is 0 Å². The summed E-state index contributed by atoms with van der Waals surface area (Å²) in [5.41, 5.74) is 0. The van der Waals surface area contributed by atoms with Gasteiger partial charge in [0.05, 0.1) is 10.7 Å². The molecule has 0 aromatic rings. The lowest BCUT2D eigenvalue weighted by Crippen LogP contribution is -2.19. The zero-order valence-corrected chi connectivity index (χ0v) is 9.46. The average molecular weight is 206 g/mol. The second-order valence-corrected chi connectivity index (χ2v) is 6.32. The standard InChI is InChI=1S/C9H18OS2/c1-7(6-8(2)10)9-11-4-3-5-12-9/h7-10H,3-6H2,1-2H3/t7-,8+/m1/s1. The molecule has 1 rings (SSSR count). The van der Waals surface area contributed by atoms with Gasteiger partial charge >= 0.3 is 0 Å². The fourth-order valence-electron chi connectivity index (χ4n) is 1.48. The van der Waals surface area contributed by atoms with Crippen molar-refractivity contribution in [2.24, 2.45) is 5.92 Å². The van der Waals surface area contributed by atoms with Gasteiger partial charge in [0.2, 0.25) is 0 Å². The van der Waals surface area contributed by atoms with Crippen molar-refractivity contribution in [1.29, 1.82) is 0 Å². The van der Waals surface area contributed by atoms with E-state index >= 15 is 0 Å². The van der Waals surface area contributed by atoms with E-state index in [1.807, 2.05) is 6.92 Å². The molecular formula is C9H18OS2. The fraction of sp³-hybridized carbons (Fsp3) is 1.00. The average Bonchev–Trinajstić information content (AvgIpc) is 2.05. The second kappa shape index (κ2) is 5.40. The van der Waals surface area contributed by atoms with E-state index in [1.54, 1.807) is 0 Å². The van der Waals surface area contributed by atoms with Gasteiger partial charge in [0.15, 0.2) is 0 Å². The van der Waals surface area contributed by atoms with Gasteiger partial charge in [-0.15, -0.1) is 23.5 Å². The lowest BCUT2D eigenvalue weighted by Gasteiger charge is -2.27. The molecule has 12 heavy (non-hydrogen) atoms. The van der Waals surface area contributed by atoms with Gasteiger partial charge in [0.1, 0.15) is 0 Å². The number of hydrogen-bond donors (Lipinski definition) is 1. The first kappa shape index (κ1) is 10.7.